The summed E-state index contributed by atoms with van der Waals surface area (Å²) in [4.78, 5) is 11.3. The molecule has 1 fully saturated rings. The average Bonchev–Trinajstić information content (AvgIpc) is 2.54. The Morgan fingerprint density at radius 1 is 1.60 bits per heavy atom. The van der Waals surface area contributed by atoms with Crippen molar-refractivity contribution in [2.75, 3.05) is 0 Å². The van der Waals surface area contributed by atoms with Gasteiger partial charge in [0, 0.05) is 5.56 Å². The van der Waals surface area contributed by atoms with E-state index in [0.29, 0.717) is 17.3 Å². The van der Waals surface area contributed by atoms with Crippen LogP contribution in [0.3, 0.4) is 0 Å². The molecule has 3 rings (SSSR count). The number of aromatic nitrogens is 2. The maximum Gasteiger partial charge on any atom is 0.303 e. The van der Waals surface area contributed by atoms with Crippen molar-refractivity contribution in [3.05, 3.63) is 17.0 Å². The molecule has 0 spiro atoms. The number of hydrogen-bond acceptors (Lipinski definition) is 2. The molecule has 2 aliphatic rings. The minimum Gasteiger partial charge on any atom is -0.260 e. The third-order valence-electron chi connectivity index (χ3n) is 4.16. The standard InChI is InChI=1S/C11H14N2OS/c1-5-8-7(13(12-5)10(14)15)4-6-9(8)11(6,2)3/h6,9H,4H2,1-3H3,(H,14,15). The van der Waals surface area contributed by atoms with Crippen LogP contribution in [-0.2, 0) is 6.42 Å². The molecule has 2 aliphatic carbocycles. The van der Waals surface area contributed by atoms with Gasteiger partial charge >= 0.3 is 5.24 Å². The first-order valence-corrected chi connectivity index (χ1v) is 5.71. The van der Waals surface area contributed by atoms with Crippen LogP contribution in [0, 0.1) is 18.3 Å². The molecule has 0 bridgehead atoms. The molecule has 80 valence electrons. The van der Waals surface area contributed by atoms with Crippen LogP contribution in [0.1, 0.15) is 36.7 Å². The molecule has 0 amide bonds. The lowest BCUT2D eigenvalue weighted by Crippen LogP contribution is -2.10. The molecule has 4 heteroatoms. The van der Waals surface area contributed by atoms with Crippen molar-refractivity contribution in [1.29, 1.82) is 0 Å². The normalized spacial score (nSPS) is 29.9. The molecule has 2 unspecified atom stereocenters. The van der Waals surface area contributed by atoms with Crippen molar-refractivity contribution < 1.29 is 4.79 Å². The first-order valence-electron chi connectivity index (χ1n) is 5.26. The summed E-state index contributed by atoms with van der Waals surface area (Å²) in [6.07, 6.45) is 0.986. The fourth-order valence-corrected chi connectivity index (χ4v) is 3.42. The molecule has 2 atom stereocenters. The van der Waals surface area contributed by atoms with Gasteiger partial charge in [-0.05, 0) is 30.6 Å². The Bertz CT molecular complexity index is 475. The highest BCUT2D eigenvalue weighted by molar-refractivity contribution is 7.96. The van der Waals surface area contributed by atoms with E-state index >= 15 is 0 Å². The van der Waals surface area contributed by atoms with Gasteiger partial charge in [0.15, 0.2) is 0 Å². The number of thiol groups is 1. The number of carbonyl (C=O) groups is 1. The van der Waals surface area contributed by atoms with Gasteiger partial charge in [-0.3, -0.25) is 4.79 Å². The lowest BCUT2D eigenvalue weighted by atomic mass is 9.98. The lowest BCUT2D eigenvalue weighted by molar-refractivity contribution is 0.259. The van der Waals surface area contributed by atoms with E-state index in [2.05, 4.69) is 31.6 Å². The summed E-state index contributed by atoms with van der Waals surface area (Å²) in [6, 6.07) is 0. The van der Waals surface area contributed by atoms with E-state index in [0.717, 1.165) is 17.8 Å². The zero-order valence-electron chi connectivity index (χ0n) is 9.11. The van der Waals surface area contributed by atoms with E-state index in [-0.39, 0.29) is 5.24 Å². The van der Waals surface area contributed by atoms with Crippen LogP contribution >= 0.6 is 12.6 Å². The minimum absolute atomic E-state index is 0.265. The van der Waals surface area contributed by atoms with Crippen molar-refractivity contribution in [3.63, 3.8) is 0 Å². The third kappa shape index (κ3) is 0.982. The first-order chi connectivity index (χ1) is 6.94. The SMILES string of the molecule is Cc1nn(C(=O)S)c2c1C1C(C2)C1(C)C. The van der Waals surface area contributed by atoms with Crippen LogP contribution in [-0.4, -0.2) is 15.0 Å². The second kappa shape index (κ2) is 2.48. The molecule has 3 nitrogen and oxygen atoms in total. The first kappa shape index (κ1) is 9.46. The molecule has 15 heavy (non-hydrogen) atoms. The third-order valence-corrected chi connectivity index (χ3v) is 4.35. The van der Waals surface area contributed by atoms with Crippen molar-refractivity contribution in [1.82, 2.24) is 9.78 Å². The molecule has 1 saturated carbocycles. The van der Waals surface area contributed by atoms with E-state index in [4.69, 9.17) is 0 Å². The lowest BCUT2D eigenvalue weighted by Gasteiger charge is -2.08. The minimum atomic E-state index is -0.265. The summed E-state index contributed by atoms with van der Waals surface area (Å²) in [5, 5.41) is 4.00. The van der Waals surface area contributed by atoms with E-state index in [1.807, 2.05) is 6.92 Å². The number of fused-ring (bicyclic) bond motifs is 3. The predicted octanol–water partition coefficient (Wildman–Crippen LogP) is 2.39. The van der Waals surface area contributed by atoms with Crippen molar-refractivity contribution in [2.45, 2.75) is 33.1 Å². The van der Waals surface area contributed by atoms with E-state index in [1.54, 1.807) is 0 Å². The fourth-order valence-electron chi connectivity index (χ4n) is 3.25. The molecular formula is C11H14N2OS. The molecule has 1 aromatic heterocycles. The second-order valence-corrected chi connectivity index (χ2v) is 5.63. The highest BCUT2D eigenvalue weighted by Gasteiger charge is 2.63. The Morgan fingerprint density at radius 2 is 2.27 bits per heavy atom. The quantitative estimate of drug-likeness (QED) is 0.684. The molecule has 0 N–H and O–H groups in total. The smallest absolute Gasteiger partial charge is 0.260 e. The molecule has 1 heterocycles. The van der Waals surface area contributed by atoms with Crippen molar-refractivity contribution >= 4 is 17.9 Å². The summed E-state index contributed by atoms with van der Waals surface area (Å²) in [7, 11) is 0. The van der Waals surface area contributed by atoms with Gasteiger partial charge < -0.3 is 0 Å². The van der Waals surface area contributed by atoms with Crippen LogP contribution in [0.5, 0.6) is 0 Å². The monoisotopic (exact) mass is 222 g/mol. The highest BCUT2D eigenvalue weighted by Crippen LogP contribution is 2.70. The van der Waals surface area contributed by atoms with Gasteiger partial charge in [-0.2, -0.15) is 9.78 Å². The zero-order valence-corrected chi connectivity index (χ0v) is 10.0. The number of rotatable bonds is 0. The van der Waals surface area contributed by atoms with E-state index in [1.165, 1.54) is 10.2 Å². The summed E-state index contributed by atoms with van der Waals surface area (Å²) in [5.41, 5.74) is 3.82. The topological polar surface area (TPSA) is 34.9 Å². The Kier molecular flexibility index (Phi) is 1.57. The summed E-state index contributed by atoms with van der Waals surface area (Å²) >= 11 is 3.85. The van der Waals surface area contributed by atoms with Crippen LogP contribution in [0.15, 0.2) is 0 Å². The Labute approximate surface area is 94.3 Å². The number of aryl methyl sites for hydroxylation is 1. The van der Waals surface area contributed by atoms with Gasteiger partial charge in [0.25, 0.3) is 0 Å². The van der Waals surface area contributed by atoms with Crippen molar-refractivity contribution in [2.24, 2.45) is 11.3 Å². The fraction of sp³-hybridized carbons (Fsp3) is 0.636. The van der Waals surface area contributed by atoms with Crippen LogP contribution in [0.4, 0.5) is 4.79 Å². The number of carbonyl (C=O) groups excluding carboxylic acids is 1. The predicted molar refractivity (Wildman–Crippen MR) is 60.5 cm³/mol. The summed E-state index contributed by atoms with van der Waals surface area (Å²) < 4.78 is 1.47. The zero-order chi connectivity index (χ0) is 11.0. The molecule has 0 radical (unpaired) electrons. The van der Waals surface area contributed by atoms with Gasteiger partial charge in [-0.25, -0.2) is 0 Å². The highest BCUT2D eigenvalue weighted by atomic mass is 32.1. The largest absolute Gasteiger partial charge is 0.303 e. The van der Waals surface area contributed by atoms with Gasteiger partial charge in [-0.15, -0.1) is 0 Å². The van der Waals surface area contributed by atoms with Gasteiger partial charge in [-0.1, -0.05) is 26.5 Å². The number of nitrogens with zero attached hydrogens (tertiary/aromatic N) is 2. The number of hydrogen-bond donors (Lipinski definition) is 1. The van der Waals surface area contributed by atoms with Crippen LogP contribution in [0.2, 0.25) is 0 Å². The molecular weight excluding hydrogens is 208 g/mol. The molecule has 0 saturated heterocycles. The Hall–Kier alpha value is -0.770. The summed E-state index contributed by atoms with van der Waals surface area (Å²) in [5.74, 6) is 1.33. The maximum absolute atomic E-state index is 11.3. The van der Waals surface area contributed by atoms with Gasteiger partial charge in [0.1, 0.15) is 0 Å². The van der Waals surface area contributed by atoms with Gasteiger partial charge in [0.2, 0.25) is 0 Å². The van der Waals surface area contributed by atoms with Gasteiger partial charge in [0.05, 0.1) is 11.4 Å². The second-order valence-electron chi connectivity index (χ2n) is 5.25. The summed E-state index contributed by atoms with van der Waals surface area (Å²) in [6.45, 7) is 6.58. The Balaban J connectivity index is 2.14. The maximum atomic E-state index is 11.3. The average molecular weight is 222 g/mol. The van der Waals surface area contributed by atoms with E-state index < -0.39 is 0 Å². The van der Waals surface area contributed by atoms with Crippen LogP contribution < -0.4 is 0 Å². The van der Waals surface area contributed by atoms with Crippen molar-refractivity contribution in [3.8, 4) is 0 Å². The Morgan fingerprint density at radius 3 is 2.87 bits per heavy atom. The van der Waals surface area contributed by atoms with E-state index in [9.17, 15) is 4.79 Å². The molecule has 0 aromatic carbocycles. The van der Waals surface area contributed by atoms with Crippen LogP contribution in [0.25, 0.3) is 0 Å². The molecule has 1 aromatic rings. The molecule has 0 aliphatic heterocycles.